The van der Waals surface area contributed by atoms with Gasteiger partial charge in [0.1, 0.15) is 0 Å². The van der Waals surface area contributed by atoms with Crippen LogP contribution < -0.4 is 0 Å². The highest BCUT2D eigenvalue weighted by molar-refractivity contribution is 4.64. The molecule has 21 heavy (non-hydrogen) atoms. The summed E-state index contributed by atoms with van der Waals surface area (Å²) < 4.78 is 0. The lowest BCUT2D eigenvalue weighted by Gasteiger charge is -2.16. The molecule has 0 atom stereocenters. The van der Waals surface area contributed by atoms with Crippen molar-refractivity contribution < 1.29 is 5.11 Å². The number of hydrogen-bond donors (Lipinski definition) is 1. The number of hydrogen-bond acceptors (Lipinski definition) is 1. The van der Waals surface area contributed by atoms with E-state index < -0.39 is 5.60 Å². The van der Waals surface area contributed by atoms with Gasteiger partial charge < -0.3 is 5.11 Å². The van der Waals surface area contributed by atoms with Crippen LogP contribution in [0.3, 0.4) is 0 Å². The van der Waals surface area contributed by atoms with Gasteiger partial charge in [-0.15, -0.1) is 0 Å². The van der Waals surface area contributed by atoms with Crippen molar-refractivity contribution in [1.29, 1.82) is 0 Å². The van der Waals surface area contributed by atoms with E-state index in [1.807, 2.05) is 13.8 Å². The Balaban J connectivity index is 3.00. The van der Waals surface area contributed by atoms with Crippen LogP contribution in [-0.4, -0.2) is 10.7 Å². The molecule has 0 saturated carbocycles. The van der Waals surface area contributed by atoms with Crippen molar-refractivity contribution in [2.45, 2.75) is 129 Å². The van der Waals surface area contributed by atoms with Crippen molar-refractivity contribution >= 4 is 0 Å². The number of rotatable bonds is 16. The minimum atomic E-state index is -0.462. The third-order valence-electron chi connectivity index (χ3n) is 4.39. The Morgan fingerprint density at radius 2 is 0.810 bits per heavy atom. The van der Waals surface area contributed by atoms with Crippen molar-refractivity contribution in [1.82, 2.24) is 0 Å². The fourth-order valence-corrected chi connectivity index (χ4v) is 2.93. The van der Waals surface area contributed by atoms with E-state index in [0.29, 0.717) is 0 Å². The standard InChI is InChI=1S/C20H42O/c1-4-5-6-7-8-9-10-11-12-13-14-15-16-17-18-19-20(2,3)21/h21H,4-19H2,1-3H3. The summed E-state index contributed by atoms with van der Waals surface area (Å²) in [6.45, 7) is 6.11. The van der Waals surface area contributed by atoms with Crippen molar-refractivity contribution in [2.75, 3.05) is 0 Å². The number of unbranched alkanes of at least 4 members (excludes halogenated alkanes) is 14. The van der Waals surface area contributed by atoms with Gasteiger partial charge in [-0.1, -0.05) is 103 Å². The Morgan fingerprint density at radius 3 is 1.10 bits per heavy atom. The Labute approximate surface area is 134 Å². The second kappa shape index (κ2) is 14.9. The highest BCUT2D eigenvalue weighted by Crippen LogP contribution is 2.16. The second-order valence-corrected chi connectivity index (χ2v) is 7.51. The predicted molar refractivity (Wildman–Crippen MR) is 95.8 cm³/mol. The minimum Gasteiger partial charge on any atom is -0.390 e. The zero-order valence-corrected chi connectivity index (χ0v) is 15.3. The van der Waals surface area contributed by atoms with Gasteiger partial charge in [-0.3, -0.25) is 0 Å². The summed E-state index contributed by atoms with van der Waals surface area (Å²) in [6.07, 6.45) is 22.0. The van der Waals surface area contributed by atoms with E-state index in [0.717, 1.165) is 6.42 Å². The van der Waals surface area contributed by atoms with Gasteiger partial charge in [0.15, 0.2) is 0 Å². The van der Waals surface area contributed by atoms with Gasteiger partial charge in [-0.25, -0.2) is 0 Å². The van der Waals surface area contributed by atoms with E-state index in [-0.39, 0.29) is 0 Å². The quantitative estimate of drug-likeness (QED) is 0.304. The minimum absolute atomic E-state index is 0.462. The summed E-state index contributed by atoms with van der Waals surface area (Å²) >= 11 is 0. The van der Waals surface area contributed by atoms with Crippen molar-refractivity contribution in [3.8, 4) is 0 Å². The molecule has 0 saturated heterocycles. The maximum Gasteiger partial charge on any atom is 0.0591 e. The van der Waals surface area contributed by atoms with Crippen LogP contribution in [0.2, 0.25) is 0 Å². The van der Waals surface area contributed by atoms with E-state index >= 15 is 0 Å². The monoisotopic (exact) mass is 298 g/mol. The van der Waals surface area contributed by atoms with Crippen LogP contribution in [0.25, 0.3) is 0 Å². The first-order valence-electron chi connectivity index (χ1n) is 9.78. The Morgan fingerprint density at radius 1 is 0.524 bits per heavy atom. The molecule has 0 aromatic heterocycles. The van der Waals surface area contributed by atoms with Crippen LogP contribution in [0.1, 0.15) is 124 Å². The SMILES string of the molecule is CCCCCCCCCCCCCCCCCC(C)(C)O. The molecule has 0 aliphatic carbocycles. The Bertz CT molecular complexity index is 193. The molecule has 1 nitrogen and oxygen atoms in total. The van der Waals surface area contributed by atoms with Crippen LogP contribution in [-0.2, 0) is 0 Å². The average Bonchev–Trinajstić information content (AvgIpc) is 2.42. The largest absolute Gasteiger partial charge is 0.390 e. The molecule has 0 fully saturated rings. The maximum absolute atomic E-state index is 9.62. The molecule has 0 aromatic rings. The lowest BCUT2D eigenvalue weighted by atomic mass is 9.99. The molecule has 0 rings (SSSR count). The normalized spacial score (nSPS) is 12.0. The van der Waals surface area contributed by atoms with E-state index in [2.05, 4.69) is 6.92 Å². The van der Waals surface area contributed by atoms with Crippen LogP contribution in [0.4, 0.5) is 0 Å². The first-order chi connectivity index (χ1) is 10.1. The summed E-state index contributed by atoms with van der Waals surface area (Å²) in [5.41, 5.74) is -0.462. The van der Waals surface area contributed by atoms with Crippen LogP contribution in [0.5, 0.6) is 0 Å². The van der Waals surface area contributed by atoms with Gasteiger partial charge in [-0.05, 0) is 20.3 Å². The smallest absolute Gasteiger partial charge is 0.0591 e. The molecule has 0 heterocycles. The molecule has 1 heteroatoms. The Kier molecular flexibility index (Phi) is 14.9. The molecule has 0 radical (unpaired) electrons. The summed E-state index contributed by atoms with van der Waals surface area (Å²) in [4.78, 5) is 0. The fraction of sp³-hybridized carbons (Fsp3) is 1.00. The fourth-order valence-electron chi connectivity index (χ4n) is 2.93. The molecule has 0 unspecified atom stereocenters. The first kappa shape index (κ1) is 21.0. The summed E-state index contributed by atoms with van der Waals surface area (Å²) in [7, 11) is 0. The zero-order valence-electron chi connectivity index (χ0n) is 15.3. The third kappa shape index (κ3) is 20.0. The third-order valence-corrected chi connectivity index (χ3v) is 4.39. The molecule has 1 N–H and O–H groups in total. The van der Waals surface area contributed by atoms with Crippen LogP contribution >= 0.6 is 0 Å². The molecule has 0 aliphatic rings. The van der Waals surface area contributed by atoms with Crippen molar-refractivity contribution in [2.24, 2.45) is 0 Å². The Hall–Kier alpha value is -0.0400. The van der Waals surface area contributed by atoms with Gasteiger partial charge in [0.25, 0.3) is 0 Å². The van der Waals surface area contributed by atoms with Gasteiger partial charge in [0, 0.05) is 0 Å². The highest BCUT2D eigenvalue weighted by Gasteiger charge is 2.10. The molecule has 0 aromatic carbocycles. The van der Waals surface area contributed by atoms with Gasteiger partial charge in [0.05, 0.1) is 5.60 Å². The summed E-state index contributed by atoms with van der Waals surface area (Å²) in [5.74, 6) is 0. The van der Waals surface area contributed by atoms with Gasteiger partial charge in [-0.2, -0.15) is 0 Å². The van der Waals surface area contributed by atoms with Crippen LogP contribution in [0, 0.1) is 0 Å². The van der Waals surface area contributed by atoms with Crippen molar-refractivity contribution in [3.63, 3.8) is 0 Å². The maximum atomic E-state index is 9.62. The van der Waals surface area contributed by atoms with E-state index in [1.54, 1.807) is 0 Å². The van der Waals surface area contributed by atoms with Crippen LogP contribution in [0.15, 0.2) is 0 Å². The van der Waals surface area contributed by atoms with E-state index in [1.165, 1.54) is 96.3 Å². The zero-order chi connectivity index (χ0) is 15.8. The second-order valence-electron chi connectivity index (χ2n) is 7.51. The van der Waals surface area contributed by atoms with Gasteiger partial charge >= 0.3 is 0 Å². The summed E-state index contributed by atoms with van der Waals surface area (Å²) in [6, 6.07) is 0. The molecule has 0 aliphatic heterocycles. The topological polar surface area (TPSA) is 20.2 Å². The molecule has 0 amide bonds. The molecular formula is C20H42O. The molecule has 0 bridgehead atoms. The van der Waals surface area contributed by atoms with Crippen molar-refractivity contribution in [3.05, 3.63) is 0 Å². The lowest BCUT2D eigenvalue weighted by molar-refractivity contribution is 0.0680. The molecular weight excluding hydrogens is 256 g/mol. The molecule has 128 valence electrons. The van der Waals surface area contributed by atoms with Gasteiger partial charge in [0.2, 0.25) is 0 Å². The highest BCUT2D eigenvalue weighted by atomic mass is 16.3. The van der Waals surface area contributed by atoms with E-state index in [9.17, 15) is 5.11 Å². The first-order valence-corrected chi connectivity index (χ1v) is 9.78. The lowest BCUT2D eigenvalue weighted by Crippen LogP contribution is -2.17. The summed E-state index contributed by atoms with van der Waals surface area (Å²) in [5, 5.41) is 9.62. The number of aliphatic hydroxyl groups is 1. The average molecular weight is 299 g/mol. The molecule has 0 spiro atoms. The predicted octanol–water partition coefficient (Wildman–Crippen LogP) is 7.02. The van der Waals surface area contributed by atoms with E-state index in [4.69, 9.17) is 0 Å².